The van der Waals surface area contributed by atoms with Gasteiger partial charge in [0.2, 0.25) is 0 Å². The van der Waals surface area contributed by atoms with Gasteiger partial charge in [-0.3, -0.25) is 4.68 Å². The third-order valence-corrected chi connectivity index (χ3v) is 3.45. The normalized spacial score (nSPS) is 10.8. The third kappa shape index (κ3) is 2.54. The van der Waals surface area contributed by atoms with Crippen LogP contribution in [0.2, 0.25) is 0 Å². The Kier molecular flexibility index (Phi) is 3.48. The fourth-order valence-electron chi connectivity index (χ4n) is 2.37. The molecule has 3 aromatic rings. The third-order valence-electron chi connectivity index (χ3n) is 3.45. The van der Waals surface area contributed by atoms with E-state index in [4.69, 9.17) is 4.74 Å². The lowest BCUT2D eigenvalue weighted by atomic mass is 10.2. The van der Waals surface area contributed by atoms with E-state index in [0.717, 1.165) is 16.6 Å². The first-order valence-electron chi connectivity index (χ1n) is 6.67. The van der Waals surface area contributed by atoms with Crippen molar-refractivity contribution < 1.29 is 9.13 Å². The number of nitrogens with zero attached hydrogens (tertiary/aromatic N) is 2. The van der Waals surface area contributed by atoms with E-state index in [1.165, 1.54) is 6.07 Å². The van der Waals surface area contributed by atoms with E-state index >= 15 is 0 Å². The van der Waals surface area contributed by atoms with Crippen molar-refractivity contribution in [2.45, 2.75) is 6.54 Å². The minimum Gasteiger partial charge on any atom is -0.497 e. The summed E-state index contributed by atoms with van der Waals surface area (Å²) in [7, 11) is 3.46. The number of para-hydroxylation sites is 1. The predicted octanol–water partition coefficient (Wildman–Crippen LogP) is 3.33. The van der Waals surface area contributed by atoms with Crippen LogP contribution in [-0.4, -0.2) is 16.9 Å². The van der Waals surface area contributed by atoms with Gasteiger partial charge in [-0.15, -0.1) is 0 Å². The zero-order valence-electron chi connectivity index (χ0n) is 11.9. The number of methoxy groups -OCH3 is 1. The zero-order valence-corrected chi connectivity index (χ0v) is 11.9. The van der Waals surface area contributed by atoms with Gasteiger partial charge in [-0.1, -0.05) is 18.2 Å². The molecular formula is C16H16FN3O. The summed E-state index contributed by atoms with van der Waals surface area (Å²) >= 11 is 0. The highest BCUT2D eigenvalue weighted by atomic mass is 19.1. The monoisotopic (exact) mass is 285 g/mol. The van der Waals surface area contributed by atoms with Crippen LogP contribution in [0.5, 0.6) is 5.75 Å². The SMILES string of the molecule is COc1ccc(F)c(NCc2nn(C)c3ccccc23)c1. The first-order chi connectivity index (χ1) is 10.2. The smallest absolute Gasteiger partial charge is 0.146 e. The number of hydrogen-bond acceptors (Lipinski definition) is 3. The van der Waals surface area contributed by atoms with Gasteiger partial charge in [-0.25, -0.2) is 4.39 Å². The Balaban J connectivity index is 1.87. The van der Waals surface area contributed by atoms with Gasteiger partial charge in [-0.2, -0.15) is 5.10 Å². The molecule has 0 aliphatic rings. The molecule has 0 amide bonds. The van der Waals surface area contributed by atoms with E-state index < -0.39 is 0 Å². The summed E-state index contributed by atoms with van der Waals surface area (Å²) in [6, 6.07) is 12.6. The molecule has 0 spiro atoms. The van der Waals surface area contributed by atoms with Crippen molar-refractivity contribution in [1.29, 1.82) is 0 Å². The van der Waals surface area contributed by atoms with Crippen LogP contribution in [0.3, 0.4) is 0 Å². The second-order valence-electron chi connectivity index (χ2n) is 4.79. The number of rotatable bonds is 4. The lowest BCUT2D eigenvalue weighted by Gasteiger charge is -2.08. The molecule has 0 saturated carbocycles. The van der Waals surface area contributed by atoms with Crippen LogP contribution in [0, 0.1) is 5.82 Å². The highest BCUT2D eigenvalue weighted by molar-refractivity contribution is 5.82. The molecule has 2 aromatic carbocycles. The second kappa shape index (κ2) is 5.44. The standard InChI is InChI=1S/C16H16FN3O/c1-20-16-6-4-3-5-12(16)15(19-20)10-18-14-9-11(21-2)7-8-13(14)17/h3-9,18H,10H2,1-2H3. The quantitative estimate of drug-likeness (QED) is 0.799. The first kappa shape index (κ1) is 13.4. The van der Waals surface area contributed by atoms with Crippen molar-refractivity contribution >= 4 is 16.6 Å². The molecule has 0 saturated heterocycles. The van der Waals surface area contributed by atoms with Crippen molar-refractivity contribution in [3.05, 3.63) is 54.0 Å². The molecule has 3 rings (SSSR count). The predicted molar refractivity (Wildman–Crippen MR) is 81.0 cm³/mol. The van der Waals surface area contributed by atoms with Crippen LogP contribution < -0.4 is 10.1 Å². The van der Waals surface area contributed by atoms with Crippen molar-refractivity contribution in [2.75, 3.05) is 12.4 Å². The number of ether oxygens (including phenoxy) is 1. The molecule has 0 radical (unpaired) electrons. The van der Waals surface area contributed by atoms with Crippen LogP contribution in [0.1, 0.15) is 5.69 Å². The van der Waals surface area contributed by atoms with Gasteiger partial charge < -0.3 is 10.1 Å². The molecule has 0 unspecified atom stereocenters. The summed E-state index contributed by atoms with van der Waals surface area (Å²) in [5.74, 6) is 0.306. The minimum atomic E-state index is -0.309. The molecule has 4 nitrogen and oxygen atoms in total. The minimum absolute atomic E-state index is 0.309. The first-order valence-corrected chi connectivity index (χ1v) is 6.67. The average Bonchev–Trinajstić information content (AvgIpc) is 2.83. The van der Waals surface area contributed by atoms with Crippen LogP contribution in [0.4, 0.5) is 10.1 Å². The van der Waals surface area contributed by atoms with Crippen molar-refractivity contribution in [3.63, 3.8) is 0 Å². The molecule has 0 bridgehead atoms. The number of anilines is 1. The fraction of sp³-hybridized carbons (Fsp3) is 0.188. The maximum absolute atomic E-state index is 13.8. The van der Waals surface area contributed by atoms with Crippen LogP contribution in [0.15, 0.2) is 42.5 Å². The van der Waals surface area contributed by atoms with E-state index in [0.29, 0.717) is 18.0 Å². The summed E-state index contributed by atoms with van der Waals surface area (Å²) in [5, 5.41) is 8.62. The molecular weight excluding hydrogens is 269 g/mol. The maximum atomic E-state index is 13.8. The molecule has 0 aliphatic heterocycles. The van der Waals surface area contributed by atoms with E-state index in [9.17, 15) is 4.39 Å². The lowest BCUT2D eigenvalue weighted by Crippen LogP contribution is -2.03. The largest absolute Gasteiger partial charge is 0.497 e. The molecule has 0 atom stereocenters. The lowest BCUT2D eigenvalue weighted by molar-refractivity contribution is 0.414. The summed E-state index contributed by atoms with van der Waals surface area (Å²) in [4.78, 5) is 0. The van der Waals surface area contributed by atoms with Gasteiger partial charge in [0.05, 0.1) is 30.6 Å². The number of aromatic nitrogens is 2. The Hall–Kier alpha value is -2.56. The number of hydrogen-bond donors (Lipinski definition) is 1. The molecule has 108 valence electrons. The number of halogens is 1. The summed E-state index contributed by atoms with van der Waals surface area (Å²) < 4.78 is 20.7. The maximum Gasteiger partial charge on any atom is 0.146 e. The van der Waals surface area contributed by atoms with Crippen LogP contribution in [-0.2, 0) is 13.6 Å². The van der Waals surface area contributed by atoms with Gasteiger partial charge in [0.1, 0.15) is 11.6 Å². The highest BCUT2D eigenvalue weighted by Crippen LogP contribution is 2.23. The van der Waals surface area contributed by atoms with Crippen molar-refractivity contribution in [1.82, 2.24) is 9.78 Å². The zero-order chi connectivity index (χ0) is 14.8. The van der Waals surface area contributed by atoms with Gasteiger partial charge in [0, 0.05) is 18.5 Å². The van der Waals surface area contributed by atoms with E-state index in [1.54, 1.807) is 19.2 Å². The summed E-state index contributed by atoms with van der Waals surface area (Å²) in [6.45, 7) is 0.450. The van der Waals surface area contributed by atoms with Crippen LogP contribution in [0.25, 0.3) is 10.9 Å². The molecule has 0 fully saturated rings. The summed E-state index contributed by atoms with van der Waals surface area (Å²) in [6.07, 6.45) is 0. The number of nitrogens with one attached hydrogen (secondary N) is 1. The van der Waals surface area contributed by atoms with Gasteiger partial charge in [0.15, 0.2) is 0 Å². The average molecular weight is 285 g/mol. The van der Waals surface area contributed by atoms with Gasteiger partial charge in [-0.05, 0) is 18.2 Å². The Morgan fingerprint density at radius 2 is 2.05 bits per heavy atom. The molecule has 0 aliphatic carbocycles. The Morgan fingerprint density at radius 3 is 2.86 bits per heavy atom. The molecule has 5 heteroatoms. The van der Waals surface area contributed by atoms with E-state index in [-0.39, 0.29) is 5.82 Å². The number of aryl methyl sites for hydroxylation is 1. The number of benzene rings is 2. The molecule has 1 heterocycles. The van der Waals surface area contributed by atoms with Gasteiger partial charge in [0.25, 0.3) is 0 Å². The van der Waals surface area contributed by atoms with Crippen molar-refractivity contribution in [2.24, 2.45) is 7.05 Å². The molecule has 1 aromatic heterocycles. The summed E-state index contributed by atoms with van der Waals surface area (Å²) in [5.41, 5.74) is 2.35. The van der Waals surface area contributed by atoms with E-state index in [2.05, 4.69) is 10.4 Å². The fourth-order valence-corrected chi connectivity index (χ4v) is 2.37. The number of fused-ring (bicyclic) bond motifs is 1. The van der Waals surface area contributed by atoms with Crippen LogP contribution >= 0.6 is 0 Å². The Labute approximate surface area is 122 Å². The Morgan fingerprint density at radius 1 is 1.24 bits per heavy atom. The molecule has 21 heavy (non-hydrogen) atoms. The highest BCUT2D eigenvalue weighted by Gasteiger charge is 2.09. The van der Waals surface area contributed by atoms with Gasteiger partial charge >= 0.3 is 0 Å². The topological polar surface area (TPSA) is 39.1 Å². The molecule has 1 N–H and O–H groups in total. The van der Waals surface area contributed by atoms with Crippen molar-refractivity contribution in [3.8, 4) is 5.75 Å². The van der Waals surface area contributed by atoms with E-state index in [1.807, 2.05) is 36.0 Å². The second-order valence-corrected chi connectivity index (χ2v) is 4.79. The Bertz CT molecular complexity index is 782.